The van der Waals surface area contributed by atoms with Crippen LogP contribution >= 0.6 is 0 Å². The third kappa shape index (κ3) is 5.22. The fourth-order valence-corrected chi connectivity index (χ4v) is 1.89. The number of nitro groups is 1. The topological polar surface area (TPSA) is 91.8 Å². The molecule has 6 heteroatoms. The van der Waals surface area contributed by atoms with Crippen LogP contribution < -0.4 is 5.32 Å². The summed E-state index contributed by atoms with van der Waals surface area (Å²) in [4.78, 5) is 14.0. The Balaban J connectivity index is 2.40. The van der Waals surface area contributed by atoms with Crippen molar-refractivity contribution in [2.75, 3.05) is 11.9 Å². The predicted molar refractivity (Wildman–Crippen MR) is 77.5 cm³/mol. The molecule has 6 nitrogen and oxygen atoms in total. The van der Waals surface area contributed by atoms with E-state index in [9.17, 15) is 10.1 Å². The summed E-state index contributed by atoms with van der Waals surface area (Å²) >= 11 is 0. The fourth-order valence-electron chi connectivity index (χ4n) is 1.89. The summed E-state index contributed by atoms with van der Waals surface area (Å²) in [7, 11) is 0. The molecule has 0 aliphatic carbocycles. The van der Waals surface area contributed by atoms with Gasteiger partial charge in [-0.15, -0.1) is 0 Å². The number of nitrogens with one attached hydrogen (secondary N) is 1. The van der Waals surface area contributed by atoms with E-state index in [1.165, 1.54) is 37.9 Å². The normalized spacial score (nSPS) is 10.0. The van der Waals surface area contributed by atoms with Crippen LogP contribution in [0.3, 0.4) is 0 Å². The van der Waals surface area contributed by atoms with Crippen molar-refractivity contribution in [3.8, 4) is 6.07 Å². The van der Waals surface area contributed by atoms with Gasteiger partial charge in [0.2, 0.25) is 0 Å². The van der Waals surface area contributed by atoms with Crippen LogP contribution in [0.15, 0.2) is 12.3 Å². The summed E-state index contributed by atoms with van der Waals surface area (Å²) in [6, 6.07) is 3.18. The van der Waals surface area contributed by atoms with E-state index in [0.29, 0.717) is 5.82 Å². The van der Waals surface area contributed by atoms with E-state index >= 15 is 0 Å². The maximum absolute atomic E-state index is 10.6. The van der Waals surface area contributed by atoms with Gasteiger partial charge in [0.1, 0.15) is 23.6 Å². The molecule has 0 aliphatic rings. The largest absolute Gasteiger partial charge is 0.369 e. The Hall–Kier alpha value is -2.16. The Morgan fingerprint density at radius 1 is 1.35 bits per heavy atom. The molecule has 0 fully saturated rings. The van der Waals surface area contributed by atoms with Gasteiger partial charge >= 0.3 is 0 Å². The minimum Gasteiger partial charge on any atom is -0.369 e. The van der Waals surface area contributed by atoms with Crippen LogP contribution in [-0.2, 0) is 0 Å². The highest BCUT2D eigenvalue weighted by Crippen LogP contribution is 2.18. The number of anilines is 1. The first-order valence-electron chi connectivity index (χ1n) is 6.97. The highest BCUT2D eigenvalue weighted by atomic mass is 16.6. The second-order valence-corrected chi connectivity index (χ2v) is 4.65. The predicted octanol–water partition coefficient (Wildman–Crippen LogP) is 3.63. The molecule has 0 aromatic carbocycles. The van der Waals surface area contributed by atoms with Crippen LogP contribution in [0, 0.1) is 21.4 Å². The number of aromatic nitrogens is 1. The Morgan fingerprint density at radius 3 is 2.70 bits per heavy atom. The number of nitriles is 1. The average molecular weight is 276 g/mol. The Morgan fingerprint density at radius 2 is 2.05 bits per heavy atom. The van der Waals surface area contributed by atoms with Gasteiger partial charge in [0.15, 0.2) is 0 Å². The maximum Gasteiger partial charge on any atom is 0.289 e. The van der Waals surface area contributed by atoms with Gasteiger partial charge in [-0.1, -0.05) is 39.0 Å². The van der Waals surface area contributed by atoms with Crippen LogP contribution in [0.4, 0.5) is 11.5 Å². The molecule has 0 atom stereocenters. The molecule has 1 aromatic rings. The lowest BCUT2D eigenvalue weighted by molar-refractivity contribution is -0.385. The van der Waals surface area contributed by atoms with E-state index in [2.05, 4.69) is 17.2 Å². The molecule has 0 amide bonds. The molecule has 1 N–H and O–H groups in total. The summed E-state index contributed by atoms with van der Waals surface area (Å²) in [5.41, 5.74) is 0.0526. The van der Waals surface area contributed by atoms with E-state index in [0.717, 1.165) is 19.4 Å². The lowest BCUT2D eigenvalue weighted by Gasteiger charge is -2.06. The van der Waals surface area contributed by atoms with E-state index in [1.54, 1.807) is 0 Å². The zero-order valence-corrected chi connectivity index (χ0v) is 11.8. The Kier molecular flexibility index (Phi) is 7.04. The highest BCUT2D eigenvalue weighted by Gasteiger charge is 2.11. The van der Waals surface area contributed by atoms with Crippen molar-refractivity contribution in [2.24, 2.45) is 0 Å². The summed E-state index contributed by atoms with van der Waals surface area (Å²) in [6.07, 6.45) is 8.30. The van der Waals surface area contributed by atoms with E-state index < -0.39 is 4.92 Å². The van der Waals surface area contributed by atoms with Gasteiger partial charge < -0.3 is 5.32 Å². The smallest absolute Gasteiger partial charge is 0.289 e. The molecular formula is C14H20N4O2. The Bertz CT molecular complexity index is 483. The second kappa shape index (κ2) is 8.86. The van der Waals surface area contributed by atoms with Gasteiger partial charge in [0.25, 0.3) is 5.69 Å². The SMILES string of the molecule is CCCCCCCCNc1ncc([N+](=O)[O-])cc1C#N. The summed E-state index contributed by atoms with van der Waals surface area (Å²) in [6.45, 7) is 2.91. The van der Waals surface area contributed by atoms with E-state index in [-0.39, 0.29) is 11.3 Å². The molecule has 1 rings (SSSR count). The quantitative estimate of drug-likeness (QED) is 0.422. The van der Waals surface area contributed by atoms with Crippen molar-refractivity contribution >= 4 is 11.5 Å². The molecule has 1 heterocycles. The highest BCUT2D eigenvalue weighted by molar-refractivity contribution is 5.55. The number of hydrogen-bond donors (Lipinski definition) is 1. The van der Waals surface area contributed by atoms with Gasteiger partial charge in [0.05, 0.1) is 4.92 Å². The monoisotopic (exact) mass is 276 g/mol. The minimum absolute atomic E-state index is 0.160. The molecule has 0 spiro atoms. The van der Waals surface area contributed by atoms with E-state index in [1.807, 2.05) is 6.07 Å². The van der Waals surface area contributed by atoms with E-state index in [4.69, 9.17) is 5.26 Å². The molecule has 0 aliphatic heterocycles. The lowest BCUT2D eigenvalue weighted by Crippen LogP contribution is -2.05. The number of pyridine rings is 1. The second-order valence-electron chi connectivity index (χ2n) is 4.65. The van der Waals surface area contributed by atoms with Gasteiger partial charge in [-0.05, 0) is 6.42 Å². The van der Waals surface area contributed by atoms with Gasteiger partial charge in [-0.2, -0.15) is 5.26 Å². The number of unbranched alkanes of at least 4 members (excludes halogenated alkanes) is 5. The molecule has 0 bridgehead atoms. The number of rotatable bonds is 9. The minimum atomic E-state index is -0.550. The summed E-state index contributed by atoms with van der Waals surface area (Å²) in [5, 5.41) is 22.6. The first kappa shape index (κ1) is 15.9. The third-order valence-electron chi connectivity index (χ3n) is 3.03. The van der Waals surface area contributed by atoms with Gasteiger partial charge in [-0.25, -0.2) is 4.98 Å². The van der Waals surface area contributed by atoms with Crippen molar-refractivity contribution in [1.82, 2.24) is 4.98 Å². The third-order valence-corrected chi connectivity index (χ3v) is 3.03. The lowest BCUT2D eigenvalue weighted by atomic mass is 10.1. The first-order valence-corrected chi connectivity index (χ1v) is 6.97. The van der Waals surface area contributed by atoms with Crippen LogP contribution in [0.2, 0.25) is 0 Å². The first-order chi connectivity index (χ1) is 9.69. The van der Waals surface area contributed by atoms with Crippen LogP contribution in [0.25, 0.3) is 0 Å². The molecule has 108 valence electrons. The molecule has 1 aromatic heterocycles. The standard InChI is InChI=1S/C14H20N4O2/c1-2-3-4-5-6-7-8-16-14-12(10-15)9-13(11-17-14)18(19)20/h9,11H,2-8H2,1H3,(H,16,17). The zero-order chi connectivity index (χ0) is 14.8. The maximum atomic E-state index is 10.6. The number of nitrogens with zero attached hydrogens (tertiary/aromatic N) is 3. The summed E-state index contributed by atoms with van der Waals surface area (Å²) < 4.78 is 0. The fraction of sp³-hybridized carbons (Fsp3) is 0.571. The molecule has 20 heavy (non-hydrogen) atoms. The zero-order valence-electron chi connectivity index (χ0n) is 11.8. The van der Waals surface area contributed by atoms with Crippen molar-refractivity contribution in [3.63, 3.8) is 0 Å². The molecule has 0 saturated heterocycles. The number of hydrogen-bond acceptors (Lipinski definition) is 5. The van der Waals surface area contributed by atoms with Gasteiger partial charge in [0, 0.05) is 12.6 Å². The van der Waals surface area contributed by atoms with Crippen LogP contribution in [0.1, 0.15) is 51.0 Å². The summed E-state index contributed by atoms with van der Waals surface area (Å²) in [5.74, 6) is 0.423. The van der Waals surface area contributed by atoms with Crippen molar-refractivity contribution in [2.45, 2.75) is 45.4 Å². The average Bonchev–Trinajstić information content (AvgIpc) is 2.46. The van der Waals surface area contributed by atoms with Crippen molar-refractivity contribution in [1.29, 1.82) is 5.26 Å². The van der Waals surface area contributed by atoms with Crippen LogP contribution in [0.5, 0.6) is 0 Å². The van der Waals surface area contributed by atoms with Crippen LogP contribution in [-0.4, -0.2) is 16.5 Å². The van der Waals surface area contributed by atoms with Crippen molar-refractivity contribution in [3.05, 3.63) is 27.9 Å². The van der Waals surface area contributed by atoms with Crippen molar-refractivity contribution < 1.29 is 4.92 Å². The molecule has 0 radical (unpaired) electrons. The molecular weight excluding hydrogens is 256 g/mol. The molecule has 0 saturated carbocycles. The Labute approximate surface area is 119 Å². The van der Waals surface area contributed by atoms with Gasteiger partial charge in [-0.3, -0.25) is 10.1 Å². The molecule has 0 unspecified atom stereocenters.